The Kier molecular flexibility index (Phi) is 5.19. The minimum atomic E-state index is -0.515. The van der Waals surface area contributed by atoms with Gasteiger partial charge in [-0.15, -0.1) is 0 Å². The summed E-state index contributed by atoms with van der Waals surface area (Å²) in [5.41, 5.74) is 13.9. The van der Waals surface area contributed by atoms with E-state index in [1.807, 2.05) is 0 Å². The van der Waals surface area contributed by atoms with Gasteiger partial charge in [-0.3, -0.25) is 4.79 Å². The van der Waals surface area contributed by atoms with Crippen molar-refractivity contribution in [3.8, 4) is 0 Å². The standard InChI is InChI=1S/C18H15N7O/c19-14-4-1-2-5-15(14)23-25-24-18(26)13-8-6-12(7-9-13)16(20)17-21-10-3-11-22-17/h1-11,16,19H,20H2/p+1. The maximum Gasteiger partial charge on any atom is 0.360 e. The zero-order chi connectivity index (χ0) is 18.4. The first-order chi connectivity index (χ1) is 12.6. The number of hydrogen-bond acceptors (Lipinski definition) is 6. The summed E-state index contributed by atoms with van der Waals surface area (Å²) < 4.78 is 0. The Morgan fingerprint density at radius 3 is 2.38 bits per heavy atom. The fraction of sp³-hybridized carbons (Fsp3) is 0.0556. The topological polar surface area (TPSA) is 134 Å². The molecule has 1 amide bonds. The largest absolute Gasteiger partial charge is 0.397 e. The second kappa shape index (κ2) is 7.89. The quantitative estimate of drug-likeness (QED) is 0.425. The van der Waals surface area contributed by atoms with Gasteiger partial charge >= 0.3 is 5.91 Å². The average Bonchev–Trinajstić information content (AvgIpc) is 2.69. The molecule has 0 radical (unpaired) electrons. The fourth-order valence-electron chi connectivity index (χ4n) is 2.20. The Morgan fingerprint density at radius 2 is 1.69 bits per heavy atom. The van der Waals surface area contributed by atoms with Gasteiger partial charge < -0.3 is 11.5 Å². The fourth-order valence-corrected chi connectivity index (χ4v) is 2.20. The van der Waals surface area contributed by atoms with Gasteiger partial charge in [-0.25, -0.2) is 9.97 Å². The molecule has 8 nitrogen and oxygen atoms in total. The molecule has 1 unspecified atom stereocenters. The van der Waals surface area contributed by atoms with Crippen molar-refractivity contribution in [3.05, 3.63) is 83.9 Å². The van der Waals surface area contributed by atoms with E-state index in [-0.39, 0.29) is 0 Å². The molecule has 2 aromatic carbocycles. The van der Waals surface area contributed by atoms with Crippen LogP contribution < -0.4 is 16.4 Å². The van der Waals surface area contributed by atoms with Gasteiger partial charge in [0.25, 0.3) is 0 Å². The Balaban J connectivity index is 1.73. The normalized spacial score (nSPS) is 11.3. The number of nitrogen functional groups attached to an aromatic ring is 1. The highest BCUT2D eigenvalue weighted by Gasteiger charge is 2.14. The monoisotopic (exact) mass is 346 g/mol. The molecule has 3 rings (SSSR count). The van der Waals surface area contributed by atoms with Crippen molar-refractivity contribution in [3.63, 3.8) is 0 Å². The Bertz CT molecular complexity index is 964. The van der Waals surface area contributed by atoms with E-state index in [9.17, 15) is 4.79 Å². The third-order valence-corrected chi connectivity index (χ3v) is 3.61. The average molecular weight is 346 g/mol. The number of anilines is 1. The highest BCUT2D eigenvalue weighted by molar-refractivity contribution is 5.94. The van der Waals surface area contributed by atoms with Crippen molar-refractivity contribution in [2.45, 2.75) is 6.04 Å². The Morgan fingerprint density at radius 1 is 1.00 bits per heavy atom. The van der Waals surface area contributed by atoms with Gasteiger partial charge in [-0.1, -0.05) is 24.3 Å². The molecule has 0 saturated heterocycles. The van der Waals surface area contributed by atoms with Crippen molar-refractivity contribution in [1.29, 1.82) is 0 Å². The van der Waals surface area contributed by atoms with E-state index in [0.29, 0.717) is 22.8 Å². The second-order valence-corrected chi connectivity index (χ2v) is 5.36. The van der Waals surface area contributed by atoms with Crippen molar-refractivity contribution < 1.29 is 4.79 Å². The lowest BCUT2D eigenvalue weighted by Gasteiger charge is -2.09. The van der Waals surface area contributed by atoms with Crippen LogP contribution in [0.4, 0.5) is 11.4 Å². The van der Waals surface area contributed by atoms with E-state index in [1.54, 1.807) is 67.0 Å². The summed E-state index contributed by atoms with van der Waals surface area (Å²) in [6, 6.07) is 14.9. The molecule has 0 spiro atoms. The van der Waals surface area contributed by atoms with Crippen molar-refractivity contribution in [2.75, 3.05) is 5.73 Å². The van der Waals surface area contributed by atoms with Gasteiger partial charge in [0.2, 0.25) is 10.0 Å². The number of amides is 1. The van der Waals surface area contributed by atoms with Crippen LogP contribution in [0, 0.1) is 0 Å². The van der Waals surface area contributed by atoms with Crippen LogP contribution in [0.5, 0.6) is 0 Å². The third kappa shape index (κ3) is 4.02. The maximum absolute atomic E-state index is 12.1. The number of para-hydroxylation sites is 1. The predicted molar refractivity (Wildman–Crippen MR) is 96.3 cm³/mol. The summed E-state index contributed by atoms with van der Waals surface area (Å²) >= 11 is 0. The Labute approximate surface area is 149 Å². The van der Waals surface area contributed by atoms with Crippen LogP contribution in [0.15, 0.2) is 77.2 Å². The third-order valence-electron chi connectivity index (χ3n) is 3.61. The zero-order valence-electron chi connectivity index (χ0n) is 13.7. The summed E-state index contributed by atoms with van der Waals surface area (Å²) in [5.74, 6) is -0.00940. The summed E-state index contributed by atoms with van der Waals surface area (Å²) in [4.78, 5) is 23.9. The number of rotatable bonds is 4. The Hall–Kier alpha value is -3.74. The van der Waals surface area contributed by atoms with Crippen LogP contribution in [0.3, 0.4) is 0 Å². The molecule has 0 fully saturated rings. The zero-order valence-corrected chi connectivity index (χ0v) is 13.7. The molecule has 0 aliphatic rings. The molecule has 0 aliphatic heterocycles. The van der Waals surface area contributed by atoms with Crippen molar-refractivity contribution >= 4 is 17.3 Å². The van der Waals surface area contributed by atoms with E-state index in [1.165, 1.54) is 0 Å². The summed E-state index contributed by atoms with van der Waals surface area (Å²) in [6.45, 7) is 0. The number of nitrogens with zero attached hydrogens (tertiary/aromatic N) is 5. The lowest BCUT2D eigenvalue weighted by molar-refractivity contribution is 0.0992. The molecular formula is C18H16N7O+. The number of aromatic nitrogens is 2. The first-order valence-corrected chi connectivity index (χ1v) is 7.78. The SMILES string of the molecule is Nc1ccccc1N=[N+]=NC(=O)c1ccc(C(N)c2ncccn2)cc1. The van der Waals surface area contributed by atoms with Gasteiger partial charge in [0, 0.05) is 18.0 Å². The minimum Gasteiger partial charge on any atom is -0.397 e. The highest BCUT2D eigenvalue weighted by Crippen LogP contribution is 2.19. The van der Waals surface area contributed by atoms with E-state index < -0.39 is 11.9 Å². The van der Waals surface area contributed by atoms with E-state index >= 15 is 0 Å². The van der Waals surface area contributed by atoms with Gasteiger partial charge in [-0.05, 0) is 35.9 Å². The molecule has 1 heterocycles. The molecule has 0 saturated carbocycles. The van der Waals surface area contributed by atoms with Gasteiger partial charge in [0.15, 0.2) is 10.8 Å². The number of nitrogens with two attached hydrogens (primary N) is 2. The van der Waals surface area contributed by atoms with Gasteiger partial charge in [-0.2, -0.15) is 0 Å². The molecule has 0 aliphatic carbocycles. The van der Waals surface area contributed by atoms with E-state index in [2.05, 4.69) is 25.1 Å². The molecule has 128 valence electrons. The molecule has 1 aromatic heterocycles. The van der Waals surface area contributed by atoms with Crippen LogP contribution in [0.2, 0.25) is 0 Å². The molecule has 0 bridgehead atoms. The minimum absolute atomic E-state index is 0.370. The summed E-state index contributed by atoms with van der Waals surface area (Å²) in [7, 11) is 0. The first kappa shape index (κ1) is 17.1. The van der Waals surface area contributed by atoms with Gasteiger partial charge in [0.1, 0.15) is 5.82 Å². The van der Waals surface area contributed by atoms with Crippen LogP contribution in [-0.4, -0.2) is 15.9 Å². The molecule has 4 N–H and O–H groups in total. The van der Waals surface area contributed by atoms with Crippen molar-refractivity contribution in [1.82, 2.24) is 14.9 Å². The lowest BCUT2D eigenvalue weighted by atomic mass is 10.0. The first-order valence-electron chi connectivity index (χ1n) is 7.78. The molecule has 3 aromatic rings. The van der Waals surface area contributed by atoms with Crippen LogP contribution >= 0.6 is 0 Å². The molecule has 26 heavy (non-hydrogen) atoms. The number of benzene rings is 2. The lowest BCUT2D eigenvalue weighted by Crippen LogP contribution is -2.15. The smallest absolute Gasteiger partial charge is 0.360 e. The summed E-state index contributed by atoms with van der Waals surface area (Å²) in [6.07, 6.45) is 3.26. The number of carbonyl (C=O) groups is 1. The second-order valence-electron chi connectivity index (χ2n) is 5.36. The maximum atomic E-state index is 12.1. The molecular weight excluding hydrogens is 330 g/mol. The van der Waals surface area contributed by atoms with E-state index in [4.69, 9.17) is 11.5 Å². The van der Waals surface area contributed by atoms with Crippen LogP contribution in [0.25, 0.3) is 0 Å². The van der Waals surface area contributed by atoms with Gasteiger partial charge in [0.05, 0.1) is 11.7 Å². The van der Waals surface area contributed by atoms with Crippen LogP contribution in [0.1, 0.15) is 27.8 Å². The molecule has 8 heteroatoms. The number of hydrogen-bond donors (Lipinski definition) is 2. The number of carbonyl (C=O) groups excluding carboxylic acids is 1. The highest BCUT2D eigenvalue weighted by atomic mass is 16.1. The van der Waals surface area contributed by atoms with E-state index in [0.717, 1.165) is 5.56 Å². The van der Waals surface area contributed by atoms with Crippen molar-refractivity contribution in [2.24, 2.45) is 16.0 Å². The molecule has 1 atom stereocenters. The van der Waals surface area contributed by atoms with Crippen LogP contribution in [-0.2, 0) is 0 Å². The predicted octanol–water partition coefficient (Wildman–Crippen LogP) is 2.55. The summed E-state index contributed by atoms with van der Waals surface area (Å²) in [5, 5.41) is 7.40.